The number of aromatic nitrogens is 1. The molecule has 1 aromatic heterocycles. The highest BCUT2D eigenvalue weighted by Gasteiger charge is 2.30. The van der Waals surface area contributed by atoms with Gasteiger partial charge in [0.05, 0.1) is 11.1 Å². The van der Waals surface area contributed by atoms with Crippen molar-refractivity contribution >= 4 is 22.3 Å². The number of alkyl halides is 3. The Kier molecular flexibility index (Phi) is 3.72. The van der Waals surface area contributed by atoms with Gasteiger partial charge in [0.1, 0.15) is 0 Å². The number of pyridine rings is 1. The number of anilines is 2. The second-order valence-electron chi connectivity index (χ2n) is 5.46. The van der Waals surface area contributed by atoms with E-state index in [0.717, 1.165) is 34.6 Å². The Morgan fingerprint density at radius 3 is 2.48 bits per heavy atom. The van der Waals surface area contributed by atoms with Gasteiger partial charge >= 0.3 is 6.18 Å². The summed E-state index contributed by atoms with van der Waals surface area (Å²) in [6.07, 6.45) is -2.86. The van der Waals surface area contributed by atoms with E-state index >= 15 is 0 Å². The molecule has 2 aromatic carbocycles. The molecular weight excluding hydrogens is 301 g/mol. The monoisotopic (exact) mass is 316 g/mol. The molecule has 3 aromatic rings. The van der Waals surface area contributed by atoms with Gasteiger partial charge in [0.25, 0.3) is 0 Å². The van der Waals surface area contributed by atoms with Crippen molar-refractivity contribution in [1.29, 1.82) is 0 Å². The average molecular weight is 316 g/mol. The molecule has 0 unspecified atom stereocenters. The van der Waals surface area contributed by atoms with Crippen LogP contribution in [-0.2, 0) is 6.18 Å². The lowest BCUT2D eigenvalue weighted by atomic mass is 10.1. The summed E-state index contributed by atoms with van der Waals surface area (Å²) in [5.41, 5.74) is 3.53. The predicted octanol–water partition coefficient (Wildman–Crippen LogP) is 5.61. The molecule has 2 nitrogen and oxygen atoms in total. The summed E-state index contributed by atoms with van der Waals surface area (Å²) in [4.78, 5) is 4.06. The van der Waals surface area contributed by atoms with Gasteiger partial charge in [-0.25, -0.2) is 0 Å². The van der Waals surface area contributed by atoms with E-state index in [1.807, 2.05) is 32.0 Å². The highest BCUT2D eigenvalue weighted by atomic mass is 19.4. The van der Waals surface area contributed by atoms with E-state index in [1.54, 1.807) is 6.07 Å². The Balaban J connectivity index is 2.07. The molecule has 0 amide bonds. The normalized spacial score (nSPS) is 11.7. The summed E-state index contributed by atoms with van der Waals surface area (Å²) in [5.74, 6) is 0. The largest absolute Gasteiger partial charge is 0.416 e. The summed E-state index contributed by atoms with van der Waals surface area (Å²) in [7, 11) is 0. The third-order valence-corrected chi connectivity index (χ3v) is 3.94. The topological polar surface area (TPSA) is 24.9 Å². The number of benzene rings is 2. The zero-order valence-corrected chi connectivity index (χ0v) is 12.7. The summed E-state index contributed by atoms with van der Waals surface area (Å²) in [6, 6.07) is 11.3. The van der Waals surface area contributed by atoms with Gasteiger partial charge in [0.2, 0.25) is 0 Å². The molecule has 0 saturated heterocycles. The standard InChI is InChI=1S/C18H15F3N2/c1-11-4-3-5-15(12(11)2)23-16-8-9-22-17-10-13(18(19,20)21)6-7-14(16)17/h3-10H,1-2H3,(H,22,23). The van der Waals surface area contributed by atoms with Gasteiger partial charge < -0.3 is 5.32 Å². The fourth-order valence-corrected chi connectivity index (χ4v) is 2.47. The van der Waals surface area contributed by atoms with E-state index in [-0.39, 0.29) is 0 Å². The molecule has 0 aliphatic heterocycles. The zero-order chi connectivity index (χ0) is 16.6. The molecule has 118 valence electrons. The second-order valence-corrected chi connectivity index (χ2v) is 5.46. The summed E-state index contributed by atoms with van der Waals surface area (Å²) in [5, 5.41) is 3.95. The number of hydrogen-bond donors (Lipinski definition) is 1. The highest BCUT2D eigenvalue weighted by molar-refractivity contribution is 5.93. The Labute approximate surface area is 132 Å². The van der Waals surface area contributed by atoms with Gasteiger partial charge in [-0.15, -0.1) is 0 Å². The SMILES string of the molecule is Cc1cccc(Nc2ccnc3cc(C(F)(F)F)ccc23)c1C. The van der Waals surface area contributed by atoms with E-state index in [4.69, 9.17) is 0 Å². The van der Waals surface area contributed by atoms with Crippen LogP contribution in [0.1, 0.15) is 16.7 Å². The lowest BCUT2D eigenvalue weighted by Gasteiger charge is -2.14. The maximum Gasteiger partial charge on any atom is 0.416 e. The van der Waals surface area contributed by atoms with Crippen molar-refractivity contribution in [3.05, 3.63) is 65.4 Å². The summed E-state index contributed by atoms with van der Waals surface area (Å²) < 4.78 is 38.5. The average Bonchev–Trinajstić information content (AvgIpc) is 2.51. The maximum atomic E-state index is 12.8. The molecule has 0 fully saturated rings. The van der Waals surface area contributed by atoms with Gasteiger partial charge in [-0.05, 0) is 49.2 Å². The number of fused-ring (bicyclic) bond motifs is 1. The Morgan fingerprint density at radius 2 is 1.74 bits per heavy atom. The van der Waals surface area contributed by atoms with Crippen LogP contribution in [0.15, 0.2) is 48.7 Å². The van der Waals surface area contributed by atoms with Crippen molar-refractivity contribution in [3.8, 4) is 0 Å². The van der Waals surface area contributed by atoms with Crippen molar-refractivity contribution < 1.29 is 13.2 Å². The minimum atomic E-state index is -4.37. The van der Waals surface area contributed by atoms with Crippen molar-refractivity contribution in [2.75, 3.05) is 5.32 Å². The number of aryl methyl sites for hydroxylation is 1. The number of rotatable bonds is 2. The Hall–Kier alpha value is -2.56. The van der Waals surface area contributed by atoms with Crippen LogP contribution < -0.4 is 5.32 Å². The van der Waals surface area contributed by atoms with E-state index in [1.165, 1.54) is 12.3 Å². The van der Waals surface area contributed by atoms with Crippen molar-refractivity contribution in [2.24, 2.45) is 0 Å². The first-order valence-corrected chi connectivity index (χ1v) is 7.15. The lowest BCUT2D eigenvalue weighted by Crippen LogP contribution is -2.05. The van der Waals surface area contributed by atoms with E-state index in [0.29, 0.717) is 10.9 Å². The molecule has 0 aliphatic rings. The number of halogens is 3. The molecule has 3 rings (SSSR count). The molecule has 0 spiro atoms. The molecule has 0 bridgehead atoms. The maximum absolute atomic E-state index is 12.8. The highest BCUT2D eigenvalue weighted by Crippen LogP contribution is 2.33. The van der Waals surface area contributed by atoms with Gasteiger partial charge in [-0.2, -0.15) is 13.2 Å². The van der Waals surface area contributed by atoms with E-state index in [2.05, 4.69) is 10.3 Å². The van der Waals surface area contributed by atoms with Gasteiger partial charge in [0, 0.05) is 23.0 Å². The Morgan fingerprint density at radius 1 is 0.957 bits per heavy atom. The second kappa shape index (κ2) is 5.57. The molecular formula is C18H15F3N2. The predicted molar refractivity (Wildman–Crippen MR) is 85.9 cm³/mol. The van der Waals surface area contributed by atoms with Crippen molar-refractivity contribution in [2.45, 2.75) is 20.0 Å². The van der Waals surface area contributed by atoms with Gasteiger partial charge in [-0.1, -0.05) is 18.2 Å². The number of hydrogen-bond acceptors (Lipinski definition) is 2. The van der Waals surface area contributed by atoms with E-state index < -0.39 is 11.7 Å². The summed E-state index contributed by atoms with van der Waals surface area (Å²) in [6.45, 7) is 4.02. The van der Waals surface area contributed by atoms with Gasteiger partial charge in [0.15, 0.2) is 0 Å². The fourth-order valence-electron chi connectivity index (χ4n) is 2.47. The first-order chi connectivity index (χ1) is 10.9. The minimum absolute atomic E-state index is 0.315. The van der Waals surface area contributed by atoms with Crippen LogP contribution in [-0.4, -0.2) is 4.98 Å². The minimum Gasteiger partial charge on any atom is -0.355 e. The quantitative estimate of drug-likeness (QED) is 0.664. The van der Waals surface area contributed by atoms with Crippen LogP contribution in [0.4, 0.5) is 24.5 Å². The number of nitrogens with one attached hydrogen (secondary N) is 1. The summed E-state index contributed by atoms with van der Waals surface area (Å²) >= 11 is 0. The number of nitrogens with zero attached hydrogens (tertiary/aromatic N) is 1. The first kappa shape index (κ1) is 15.3. The molecule has 0 saturated carbocycles. The molecule has 23 heavy (non-hydrogen) atoms. The third kappa shape index (κ3) is 2.99. The van der Waals surface area contributed by atoms with Crippen LogP contribution in [0.3, 0.4) is 0 Å². The van der Waals surface area contributed by atoms with Crippen molar-refractivity contribution in [3.63, 3.8) is 0 Å². The van der Waals surface area contributed by atoms with Gasteiger partial charge in [-0.3, -0.25) is 4.98 Å². The molecule has 0 atom stereocenters. The molecule has 1 heterocycles. The third-order valence-electron chi connectivity index (χ3n) is 3.94. The smallest absolute Gasteiger partial charge is 0.355 e. The molecule has 0 aliphatic carbocycles. The lowest BCUT2D eigenvalue weighted by molar-refractivity contribution is -0.137. The van der Waals surface area contributed by atoms with Crippen LogP contribution in [0, 0.1) is 13.8 Å². The Bertz CT molecular complexity index is 870. The van der Waals surface area contributed by atoms with Crippen molar-refractivity contribution in [1.82, 2.24) is 4.98 Å². The van der Waals surface area contributed by atoms with E-state index in [9.17, 15) is 13.2 Å². The fraction of sp³-hybridized carbons (Fsp3) is 0.167. The molecule has 5 heteroatoms. The zero-order valence-electron chi connectivity index (χ0n) is 12.7. The van der Waals surface area contributed by atoms with Crippen LogP contribution in [0.2, 0.25) is 0 Å². The molecule has 0 radical (unpaired) electrons. The van der Waals surface area contributed by atoms with Crippen LogP contribution >= 0.6 is 0 Å². The van der Waals surface area contributed by atoms with Crippen LogP contribution in [0.5, 0.6) is 0 Å². The van der Waals surface area contributed by atoms with Crippen LogP contribution in [0.25, 0.3) is 10.9 Å². The first-order valence-electron chi connectivity index (χ1n) is 7.15. The molecule has 1 N–H and O–H groups in total.